The molecule has 5 nitrogen and oxygen atoms in total. The zero-order valence-electron chi connectivity index (χ0n) is 7.02. The molecule has 0 spiro atoms. The van der Waals surface area contributed by atoms with Crippen molar-refractivity contribution in [1.82, 2.24) is 19.9 Å². The molecule has 68 valence electrons. The molecule has 2 heterocycles. The Labute approximate surface area is 79.4 Å². The van der Waals surface area contributed by atoms with Gasteiger partial charge in [-0.1, -0.05) is 5.16 Å². The highest BCUT2D eigenvalue weighted by molar-refractivity contribution is 7.71. The predicted octanol–water partition coefficient (Wildman–Crippen LogP) is 1.29. The molecular weight excluding hydrogens is 188 g/mol. The molecule has 1 N–H and O–H groups in total. The van der Waals surface area contributed by atoms with Gasteiger partial charge < -0.3 is 4.52 Å². The van der Waals surface area contributed by atoms with Crippen LogP contribution in [-0.4, -0.2) is 19.9 Å². The van der Waals surface area contributed by atoms with E-state index in [1.165, 1.54) is 0 Å². The van der Waals surface area contributed by atoms with E-state index in [4.69, 9.17) is 16.7 Å². The highest BCUT2D eigenvalue weighted by atomic mass is 32.1. The molecule has 0 aliphatic rings. The lowest BCUT2D eigenvalue weighted by Gasteiger charge is -1.98. The Bertz CT molecular complexity index is 441. The van der Waals surface area contributed by atoms with Crippen molar-refractivity contribution in [2.24, 2.45) is 0 Å². The summed E-state index contributed by atoms with van der Waals surface area (Å²) in [5, 5.41) is 10.3. The Hall–Kier alpha value is -1.43. The van der Waals surface area contributed by atoms with Crippen LogP contribution in [0, 0.1) is 11.7 Å². The molecule has 0 aliphatic heterocycles. The van der Waals surface area contributed by atoms with Crippen molar-refractivity contribution in [3.05, 3.63) is 28.6 Å². The molecule has 0 saturated heterocycles. The van der Waals surface area contributed by atoms with Crippen LogP contribution in [0.25, 0.3) is 0 Å². The van der Waals surface area contributed by atoms with Crippen molar-refractivity contribution in [2.75, 3.05) is 0 Å². The topological polar surface area (TPSA) is 59.6 Å². The van der Waals surface area contributed by atoms with Crippen molar-refractivity contribution in [2.45, 2.75) is 13.5 Å². The fourth-order valence-electron chi connectivity index (χ4n) is 1.06. The first-order chi connectivity index (χ1) is 6.27. The van der Waals surface area contributed by atoms with Crippen LogP contribution in [0.3, 0.4) is 0 Å². The Morgan fingerprint density at radius 3 is 3.08 bits per heavy atom. The van der Waals surface area contributed by atoms with Gasteiger partial charge in [0, 0.05) is 6.07 Å². The van der Waals surface area contributed by atoms with Crippen molar-refractivity contribution in [3.63, 3.8) is 0 Å². The molecule has 0 atom stereocenters. The van der Waals surface area contributed by atoms with Gasteiger partial charge in [0.1, 0.15) is 5.82 Å². The summed E-state index contributed by atoms with van der Waals surface area (Å²) in [4.78, 5) is 0. The third-order valence-corrected chi connectivity index (χ3v) is 2.07. The van der Waals surface area contributed by atoms with Crippen LogP contribution in [-0.2, 0) is 6.54 Å². The normalized spacial score (nSPS) is 10.5. The van der Waals surface area contributed by atoms with Crippen molar-refractivity contribution >= 4 is 12.2 Å². The van der Waals surface area contributed by atoms with Gasteiger partial charge in [-0.3, -0.25) is 9.67 Å². The summed E-state index contributed by atoms with van der Waals surface area (Å²) < 4.78 is 7.39. The number of hydrogen-bond donors (Lipinski definition) is 1. The highest BCUT2D eigenvalue weighted by Crippen LogP contribution is 2.03. The van der Waals surface area contributed by atoms with E-state index in [0.29, 0.717) is 11.3 Å². The number of aromatic amines is 1. The number of nitrogens with one attached hydrogen (secondary N) is 1. The summed E-state index contributed by atoms with van der Waals surface area (Å²) in [6.07, 6.45) is 1.61. The fourth-order valence-corrected chi connectivity index (χ4v) is 1.30. The summed E-state index contributed by atoms with van der Waals surface area (Å²) in [6.45, 7) is 2.45. The minimum Gasteiger partial charge on any atom is -0.359 e. The molecule has 0 amide bonds. The monoisotopic (exact) mass is 196 g/mol. The van der Waals surface area contributed by atoms with Gasteiger partial charge in [0.15, 0.2) is 10.5 Å². The maximum absolute atomic E-state index is 5.03. The zero-order chi connectivity index (χ0) is 9.26. The van der Waals surface area contributed by atoms with E-state index in [1.807, 2.05) is 11.5 Å². The Morgan fingerprint density at radius 1 is 1.69 bits per heavy atom. The van der Waals surface area contributed by atoms with E-state index in [2.05, 4.69) is 15.4 Å². The number of hydrogen-bond acceptors (Lipinski definition) is 4. The second kappa shape index (κ2) is 3.14. The van der Waals surface area contributed by atoms with Crippen LogP contribution < -0.4 is 0 Å². The summed E-state index contributed by atoms with van der Waals surface area (Å²) >= 11 is 5.03. The predicted molar refractivity (Wildman–Crippen MR) is 47.8 cm³/mol. The van der Waals surface area contributed by atoms with Gasteiger partial charge >= 0.3 is 0 Å². The largest absolute Gasteiger partial charge is 0.359 e. The van der Waals surface area contributed by atoms with E-state index in [-0.39, 0.29) is 0 Å². The van der Waals surface area contributed by atoms with Crippen LogP contribution in [0.5, 0.6) is 0 Å². The molecule has 0 bridgehead atoms. The minimum atomic E-state index is 0.571. The minimum absolute atomic E-state index is 0.571. The quantitative estimate of drug-likeness (QED) is 0.735. The van der Waals surface area contributed by atoms with Gasteiger partial charge in [-0.2, -0.15) is 5.10 Å². The van der Waals surface area contributed by atoms with Crippen molar-refractivity contribution in [3.8, 4) is 0 Å². The molecule has 2 aromatic heterocycles. The van der Waals surface area contributed by atoms with Gasteiger partial charge in [0.25, 0.3) is 0 Å². The molecule has 0 unspecified atom stereocenters. The number of nitrogens with zero attached hydrogens (tertiary/aromatic N) is 3. The Kier molecular flexibility index (Phi) is 1.97. The molecule has 2 rings (SSSR count). The second-order valence-electron chi connectivity index (χ2n) is 2.64. The lowest BCUT2D eigenvalue weighted by atomic mass is 10.4. The van der Waals surface area contributed by atoms with Crippen molar-refractivity contribution < 1.29 is 4.52 Å². The first-order valence-corrected chi connectivity index (χ1v) is 4.19. The molecular formula is C7H8N4OS. The maximum Gasteiger partial charge on any atom is 0.195 e. The molecule has 0 saturated carbocycles. The number of H-pyrrole nitrogens is 1. The molecule has 0 aromatic carbocycles. The maximum atomic E-state index is 5.03. The summed E-state index contributed by atoms with van der Waals surface area (Å²) in [6, 6.07) is 1.80. The van der Waals surface area contributed by atoms with Crippen LogP contribution in [0.1, 0.15) is 11.6 Å². The Balaban J connectivity index is 2.33. The zero-order valence-corrected chi connectivity index (χ0v) is 7.84. The fraction of sp³-hybridized carbons (Fsp3) is 0.286. The lowest BCUT2D eigenvalue weighted by Crippen LogP contribution is -2.00. The van der Waals surface area contributed by atoms with Crippen LogP contribution >= 0.6 is 12.2 Å². The van der Waals surface area contributed by atoms with E-state index in [1.54, 1.807) is 12.3 Å². The first-order valence-electron chi connectivity index (χ1n) is 3.79. The van der Waals surface area contributed by atoms with E-state index in [0.717, 1.165) is 11.6 Å². The lowest BCUT2D eigenvalue weighted by molar-refractivity contribution is 0.375. The van der Waals surface area contributed by atoms with Crippen LogP contribution in [0.2, 0.25) is 0 Å². The number of aromatic nitrogens is 4. The summed E-state index contributed by atoms with van der Waals surface area (Å²) in [5.74, 6) is 1.60. The van der Waals surface area contributed by atoms with Gasteiger partial charge in [-0.25, -0.2) is 0 Å². The standard InChI is InChI=1S/C7H8N4OS/c1-5-9-10-7(13)11(5)4-6-2-3-8-12-6/h2-3H,4H2,1H3,(H,10,13). The SMILES string of the molecule is Cc1n[nH]c(=S)n1Cc1ccno1. The number of aryl methyl sites for hydroxylation is 1. The second-order valence-corrected chi connectivity index (χ2v) is 3.03. The third-order valence-electron chi connectivity index (χ3n) is 1.75. The molecule has 13 heavy (non-hydrogen) atoms. The van der Waals surface area contributed by atoms with Crippen LogP contribution in [0.15, 0.2) is 16.8 Å². The summed E-state index contributed by atoms with van der Waals surface area (Å²) in [7, 11) is 0. The Morgan fingerprint density at radius 2 is 2.54 bits per heavy atom. The molecule has 0 aliphatic carbocycles. The molecule has 0 radical (unpaired) electrons. The van der Waals surface area contributed by atoms with Crippen LogP contribution in [0.4, 0.5) is 0 Å². The molecule has 6 heteroatoms. The van der Waals surface area contributed by atoms with Gasteiger partial charge in [0.2, 0.25) is 0 Å². The molecule has 0 fully saturated rings. The van der Waals surface area contributed by atoms with E-state index < -0.39 is 0 Å². The third kappa shape index (κ3) is 1.52. The van der Waals surface area contributed by atoms with Gasteiger partial charge in [0.05, 0.1) is 12.7 Å². The smallest absolute Gasteiger partial charge is 0.195 e. The highest BCUT2D eigenvalue weighted by Gasteiger charge is 2.03. The van der Waals surface area contributed by atoms with Crippen molar-refractivity contribution in [1.29, 1.82) is 0 Å². The number of rotatable bonds is 2. The van der Waals surface area contributed by atoms with E-state index in [9.17, 15) is 0 Å². The van der Waals surface area contributed by atoms with E-state index >= 15 is 0 Å². The van der Waals surface area contributed by atoms with Gasteiger partial charge in [-0.15, -0.1) is 0 Å². The van der Waals surface area contributed by atoms with Gasteiger partial charge in [-0.05, 0) is 19.1 Å². The summed E-state index contributed by atoms with van der Waals surface area (Å²) in [5.41, 5.74) is 0. The molecule has 2 aromatic rings. The average molecular weight is 196 g/mol. The average Bonchev–Trinajstić information content (AvgIpc) is 2.70. The first kappa shape index (κ1) is 8.18.